The molecule has 0 rings (SSSR count). The van der Waals surface area contributed by atoms with Crippen molar-refractivity contribution in [2.45, 2.75) is 40.0 Å². The summed E-state index contributed by atoms with van der Waals surface area (Å²) < 4.78 is 0. The lowest BCUT2D eigenvalue weighted by molar-refractivity contribution is 0.401. The van der Waals surface area contributed by atoms with E-state index >= 15 is 0 Å². The van der Waals surface area contributed by atoms with E-state index < -0.39 is 0 Å². The van der Waals surface area contributed by atoms with Gasteiger partial charge >= 0.3 is 0 Å². The molecule has 0 saturated heterocycles. The molecule has 0 fully saturated rings. The smallest absolute Gasteiger partial charge is 0.0270 e. The van der Waals surface area contributed by atoms with Crippen molar-refractivity contribution >= 4 is 6.21 Å². The molecule has 0 aliphatic carbocycles. The van der Waals surface area contributed by atoms with Gasteiger partial charge in [-0.15, -0.1) is 0 Å². The average Bonchev–Trinajstić information content (AvgIpc) is 2.21. The summed E-state index contributed by atoms with van der Waals surface area (Å²) in [7, 11) is 0. The van der Waals surface area contributed by atoms with E-state index in [4.69, 9.17) is 0 Å². The van der Waals surface area contributed by atoms with Crippen molar-refractivity contribution in [3.05, 3.63) is 37.1 Å². The number of aliphatic imine (C=N–C) groups is 1. The van der Waals surface area contributed by atoms with Crippen LogP contribution in [-0.2, 0) is 0 Å². The Morgan fingerprint density at radius 3 is 2.47 bits per heavy atom. The van der Waals surface area contributed by atoms with Crippen molar-refractivity contribution in [2.75, 3.05) is 0 Å². The van der Waals surface area contributed by atoms with E-state index in [2.05, 4.69) is 38.9 Å². The van der Waals surface area contributed by atoms with Crippen LogP contribution in [0.4, 0.5) is 0 Å². The Kier molecular flexibility index (Phi) is 6.68. The fraction of sp³-hybridized carbons (Fsp3) is 0.500. The molecule has 84 valence electrons. The average molecular weight is 205 g/mol. The Hall–Kier alpha value is -1.11. The highest BCUT2D eigenvalue weighted by Gasteiger charge is 2.19. The maximum absolute atomic E-state index is 3.97. The van der Waals surface area contributed by atoms with Gasteiger partial charge in [-0.2, -0.15) is 0 Å². The molecule has 0 aromatic rings. The van der Waals surface area contributed by atoms with Crippen molar-refractivity contribution in [3.8, 4) is 0 Å². The quantitative estimate of drug-likeness (QED) is 0.428. The molecular weight excluding hydrogens is 182 g/mol. The zero-order valence-corrected chi connectivity index (χ0v) is 10.3. The summed E-state index contributed by atoms with van der Waals surface area (Å²) >= 11 is 0. The molecule has 1 nitrogen and oxygen atoms in total. The van der Waals surface area contributed by atoms with Crippen LogP contribution in [0.2, 0.25) is 0 Å². The molecule has 0 radical (unpaired) electrons. The van der Waals surface area contributed by atoms with E-state index in [1.165, 1.54) is 31.0 Å². The third-order valence-electron chi connectivity index (χ3n) is 2.60. The lowest BCUT2D eigenvalue weighted by Gasteiger charge is -2.25. The number of allylic oxidation sites excluding steroid dienone is 3. The minimum absolute atomic E-state index is 0.185. The van der Waals surface area contributed by atoms with Crippen LogP contribution in [0.25, 0.3) is 0 Å². The van der Waals surface area contributed by atoms with E-state index in [0.717, 1.165) is 0 Å². The van der Waals surface area contributed by atoms with Gasteiger partial charge in [0, 0.05) is 12.4 Å². The molecule has 0 heterocycles. The molecule has 0 aliphatic heterocycles. The Balaban J connectivity index is 4.62. The fourth-order valence-corrected chi connectivity index (χ4v) is 1.52. The Morgan fingerprint density at radius 1 is 1.33 bits per heavy atom. The van der Waals surface area contributed by atoms with Crippen LogP contribution in [0.5, 0.6) is 0 Å². The molecule has 0 aromatic carbocycles. The highest BCUT2D eigenvalue weighted by atomic mass is 14.6. The summed E-state index contributed by atoms with van der Waals surface area (Å²) in [6.45, 7) is 14.1. The summed E-state index contributed by atoms with van der Waals surface area (Å²) in [4.78, 5) is 3.97. The first-order valence-corrected chi connectivity index (χ1v) is 5.55. The van der Waals surface area contributed by atoms with Crippen LogP contribution in [0.1, 0.15) is 40.0 Å². The van der Waals surface area contributed by atoms with Gasteiger partial charge in [-0.05, 0) is 23.5 Å². The van der Waals surface area contributed by atoms with E-state index in [1.54, 1.807) is 6.21 Å². The van der Waals surface area contributed by atoms with Gasteiger partial charge in [-0.1, -0.05) is 52.8 Å². The van der Waals surface area contributed by atoms with Gasteiger partial charge < -0.3 is 0 Å². The maximum atomic E-state index is 3.97. The predicted molar refractivity (Wildman–Crippen MR) is 70.3 cm³/mol. The molecule has 0 bridgehead atoms. The highest BCUT2D eigenvalue weighted by Crippen LogP contribution is 2.32. The zero-order chi connectivity index (χ0) is 11.7. The van der Waals surface area contributed by atoms with Gasteiger partial charge in [-0.25, -0.2) is 0 Å². The van der Waals surface area contributed by atoms with Crippen molar-refractivity contribution in [1.82, 2.24) is 0 Å². The molecule has 0 atom stereocenters. The second-order valence-corrected chi connectivity index (χ2v) is 4.29. The van der Waals surface area contributed by atoms with E-state index in [-0.39, 0.29) is 5.41 Å². The lowest BCUT2D eigenvalue weighted by atomic mass is 9.79. The van der Waals surface area contributed by atoms with Gasteiger partial charge in [0.25, 0.3) is 0 Å². The molecule has 0 aliphatic rings. The van der Waals surface area contributed by atoms with Crippen molar-refractivity contribution in [2.24, 2.45) is 10.4 Å². The largest absolute Gasteiger partial charge is 0.265 e. The summed E-state index contributed by atoms with van der Waals surface area (Å²) in [6, 6.07) is 0. The molecular formula is C14H23N. The van der Waals surface area contributed by atoms with Gasteiger partial charge in [0.05, 0.1) is 0 Å². The highest BCUT2D eigenvalue weighted by molar-refractivity contribution is 5.73. The van der Waals surface area contributed by atoms with Crippen LogP contribution >= 0.6 is 0 Å². The summed E-state index contributed by atoms with van der Waals surface area (Å²) in [5.74, 6) is 0. The van der Waals surface area contributed by atoms with Crippen LogP contribution < -0.4 is 0 Å². The van der Waals surface area contributed by atoms with Crippen LogP contribution in [-0.4, -0.2) is 6.21 Å². The third-order valence-corrected chi connectivity index (χ3v) is 2.60. The Morgan fingerprint density at radius 2 is 2.00 bits per heavy atom. The topological polar surface area (TPSA) is 12.4 Å². The lowest BCUT2D eigenvalue weighted by Crippen LogP contribution is -2.13. The minimum Gasteiger partial charge on any atom is -0.265 e. The molecule has 0 amide bonds. The number of rotatable bonds is 7. The van der Waals surface area contributed by atoms with Gasteiger partial charge in [-0.3, -0.25) is 4.99 Å². The SMILES string of the molecule is C=C/N=C\C=C(/C=C)C(C)(C)CCCC. The molecule has 0 spiro atoms. The first-order chi connectivity index (χ1) is 7.08. The second kappa shape index (κ2) is 7.22. The zero-order valence-electron chi connectivity index (χ0n) is 10.3. The number of nitrogens with zero attached hydrogens (tertiary/aromatic N) is 1. The van der Waals surface area contributed by atoms with Gasteiger partial charge in [0.1, 0.15) is 0 Å². The van der Waals surface area contributed by atoms with Crippen LogP contribution in [0.15, 0.2) is 42.1 Å². The Bertz CT molecular complexity index is 257. The molecule has 0 aromatic heterocycles. The summed E-state index contributed by atoms with van der Waals surface area (Å²) in [5.41, 5.74) is 1.42. The fourth-order valence-electron chi connectivity index (χ4n) is 1.52. The molecule has 0 unspecified atom stereocenters. The van der Waals surface area contributed by atoms with Crippen molar-refractivity contribution in [1.29, 1.82) is 0 Å². The minimum atomic E-state index is 0.185. The van der Waals surface area contributed by atoms with Gasteiger partial charge in [0.15, 0.2) is 0 Å². The van der Waals surface area contributed by atoms with Crippen LogP contribution in [0, 0.1) is 5.41 Å². The van der Waals surface area contributed by atoms with Crippen molar-refractivity contribution in [3.63, 3.8) is 0 Å². The van der Waals surface area contributed by atoms with Gasteiger partial charge in [0.2, 0.25) is 0 Å². The van der Waals surface area contributed by atoms with Crippen molar-refractivity contribution < 1.29 is 0 Å². The monoisotopic (exact) mass is 205 g/mol. The number of unbranched alkanes of at least 4 members (excludes halogenated alkanes) is 1. The van der Waals surface area contributed by atoms with E-state index in [9.17, 15) is 0 Å². The molecule has 1 heteroatoms. The molecule has 0 saturated carbocycles. The molecule has 0 N–H and O–H groups in total. The normalized spacial score (nSPS) is 13.1. The number of hydrogen-bond donors (Lipinski definition) is 0. The molecule has 15 heavy (non-hydrogen) atoms. The first kappa shape index (κ1) is 13.9. The summed E-state index contributed by atoms with van der Waals surface area (Å²) in [6.07, 6.45) is 10.9. The number of hydrogen-bond acceptors (Lipinski definition) is 1. The standard InChI is InChI=1S/C14H23N/c1-6-9-11-14(4,5)13(7-2)10-12-15-8-3/h7-8,10,12H,2-3,6,9,11H2,1,4-5H3/b13-10+,15-12-. The second-order valence-electron chi connectivity index (χ2n) is 4.29. The van der Waals surface area contributed by atoms with E-state index in [1.807, 2.05) is 12.2 Å². The first-order valence-electron chi connectivity index (χ1n) is 5.55. The summed E-state index contributed by atoms with van der Waals surface area (Å²) in [5, 5.41) is 0. The third kappa shape index (κ3) is 5.36. The Labute approximate surface area is 94.3 Å². The predicted octanol–water partition coefficient (Wildman–Crippen LogP) is 4.53. The maximum Gasteiger partial charge on any atom is 0.0270 e. The van der Waals surface area contributed by atoms with Crippen LogP contribution in [0.3, 0.4) is 0 Å². The van der Waals surface area contributed by atoms with E-state index in [0.29, 0.717) is 0 Å².